The molecule has 0 fully saturated rings. The standard InChI is InChI=1S/C10H12F2N2O2S/c1-7-14-8(4-17-7)2-3-9(16)13-5-10(11,12)6-15/h2-4,15H,5-6H2,1H3,(H,13,16)/b3-2+. The number of rotatable bonds is 5. The molecule has 7 heteroatoms. The van der Waals surface area contributed by atoms with E-state index < -0.39 is 25.0 Å². The number of aryl methyl sites for hydroxylation is 1. The molecule has 0 aliphatic carbocycles. The molecule has 0 bridgehead atoms. The second-order valence-corrected chi connectivity index (χ2v) is 4.42. The van der Waals surface area contributed by atoms with Gasteiger partial charge in [0.15, 0.2) is 0 Å². The molecule has 1 aromatic rings. The van der Waals surface area contributed by atoms with Crippen LogP contribution in [-0.4, -0.2) is 35.1 Å². The maximum Gasteiger partial charge on any atom is 0.287 e. The van der Waals surface area contributed by atoms with Crippen molar-refractivity contribution >= 4 is 23.3 Å². The summed E-state index contributed by atoms with van der Waals surface area (Å²) < 4.78 is 25.2. The van der Waals surface area contributed by atoms with Gasteiger partial charge < -0.3 is 10.4 Å². The Morgan fingerprint density at radius 2 is 2.41 bits per heavy atom. The lowest BCUT2D eigenvalue weighted by Crippen LogP contribution is -2.38. The first-order valence-corrected chi connectivity index (χ1v) is 5.68. The highest BCUT2D eigenvalue weighted by molar-refractivity contribution is 7.09. The van der Waals surface area contributed by atoms with Gasteiger partial charge in [-0.3, -0.25) is 4.79 Å². The van der Waals surface area contributed by atoms with Crippen molar-refractivity contribution in [1.82, 2.24) is 10.3 Å². The van der Waals surface area contributed by atoms with Crippen LogP contribution in [-0.2, 0) is 4.79 Å². The van der Waals surface area contributed by atoms with Gasteiger partial charge in [-0.25, -0.2) is 13.8 Å². The summed E-state index contributed by atoms with van der Waals surface area (Å²) in [6.45, 7) is -0.352. The zero-order chi connectivity index (χ0) is 12.9. The summed E-state index contributed by atoms with van der Waals surface area (Å²) in [6.07, 6.45) is 2.57. The van der Waals surface area contributed by atoms with Gasteiger partial charge >= 0.3 is 0 Å². The van der Waals surface area contributed by atoms with Crippen molar-refractivity contribution in [2.75, 3.05) is 13.2 Å². The Bertz CT molecular complexity index is 418. The first-order chi connectivity index (χ1) is 7.93. The topological polar surface area (TPSA) is 62.2 Å². The van der Waals surface area contributed by atoms with Gasteiger partial charge in [-0.05, 0) is 13.0 Å². The number of nitrogens with one attached hydrogen (secondary N) is 1. The molecule has 0 spiro atoms. The van der Waals surface area contributed by atoms with Crippen LogP contribution in [0.1, 0.15) is 10.7 Å². The lowest BCUT2D eigenvalue weighted by molar-refractivity contribution is -0.119. The number of halogens is 2. The average molecular weight is 262 g/mol. The number of carbonyl (C=O) groups is 1. The Hall–Kier alpha value is -1.34. The summed E-state index contributed by atoms with van der Waals surface area (Å²) in [6, 6.07) is 0. The molecule has 0 radical (unpaired) electrons. The fourth-order valence-electron chi connectivity index (χ4n) is 0.949. The van der Waals surface area contributed by atoms with E-state index in [2.05, 4.69) is 4.98 Å². The van der Waals surface area contributed by atoms with Crippen LogP contribution < -0.4 is 5.32 Å². The van der Waals surface area contributed by atoms with Crippen LogP contribution in [0.25, 0.3) is 6.08 Å². The van der Waals surface area contributed by atoms with Crippen molar-refractivity contribution in [3.63, 3.8) is 0 Å². The quantitative estimate of drug-likeness (QED) is 0.784. The van der Waals surface area contributed by atoms with Crippen molar-refractivity contribution in [3.05, 3.63) is 22.2 Å². The van der Waals surface area contributed by atoms with Gasteiger partial charge in [-0.1, -0.05) is 0 Å². The van der Waals surface area contributed by atoms with Crippen LogP contribution in [0.5, 0.6) is 0 Å². The van der Waals surface area contributed by atoms with Crippen LogP contribution >= 0.6 is 11.3 Å². The highest BCUT2D eigenvalue weighted by Crippen LogP contribution is 2.10. The highest BCUT2D eigenvalue weighted by atomic mass is 32.1. The van der Waals surface area contributed by atoms with Crippen molar-refractivity contribution in [3.8, 4) is 0 Å². The van der Waals surface area contributed by atoms with Gasteiger partial charge in [0.2, 0.25) is 5.91 Å². The Morgan fingerprint density at radius 3 is 2.94 bits per heavy atom. The number of alkyl halides is 2. The zero-order valence-corrected chi connectivity index (χ0v) is 9.93. The molecule has 17 heavy (non-hydrogen) atoms. The van der Waals surface area contributed by atoms with Gasteiger partial charge in [0.05, 0.1) is 17.2 Å². The first kappa shape index (κ1) is 13.7. The van der Waals surface area contributed by atoms with E-state index in [4.69, 9.17) is 5.11 Å². The number of hydrogen-bond acceptors (Lipinski definition) is 4. The molecule has 1 rings (SSSR count). The summed E-state index contributed by atoms with van der Waals surface area (Å²) in [5.41, 5.74) is 0.608. The predicted octanol–water partition coefficient (Wildman–Crippen LogP) is 1.21. The Morgan fingerprint density at radius 1 is 1.71 bits per heavy atom. The molecule has 0 saturated carbocycles. The van der Waals surface area contributed by atoms with Crippen molar-refractivity contribution in [2.24, 2.45) is 0 Å². The first-order valence-electron chi connectivity index (χ1n) is 4.80. The van der Waals surface area contributed by atoms with E-state index in [9.17, 15) is 13.6 Å². The maximum absolute atomic E-state index is 12.6. The second-order valence-electron chi connectivity index (χ2n) is 3.36. The molecule has 94 valence electrons. The molecule has 0 aliphatic heterocycles. The summed E-state index contributed by atoms with van der Waals surface area (Å²) in [4.78, 5) is 15.2. The molecule has 1 amide bonds. The molecule has 4 nitrogen and oxygen atoms in total. The van der Waals surface area contributed by atoms with Crippen LogP contribution in [0.3, 0.4) is 0 Å². The molecule has 0 aromatic carbocycles. The van der Waals surface area contributed by atoms with Crippen molar-refractivity contribution < 1.29 is 18.7 Å². The van der Waals surface area contributed by atoms with Gasteiger partial charge in [-0.15, -0.1) is 11.3 Å². The SMILES string of the molecule is Cc1nc(/C=C/C(=O)NCC(F)(F)CO)cs1. The predicted molar refractivity (Wildman–Crippen MR) is 60.9 cm³/mol. The minimum absolute atomic E-state index is 0.608. The number of nitrogens with zero attached hydrogens (tertiary/aromatic N) is 1. The molecule has 0 saturated heterocycles. The fraction of sp³-hybridized carbons (Fsp3) is 0.400. The van der Waals surface area contributed by atoms with Gasteiger partial charge in [-0.2, -0.15) is 0 Å². The van der Waals surface area contributed by atoms with Crippen LogP contribution in [0.4, 0.5) is 8.78 Å². The van der Waals surface area contributed by atoms with Crippen molar-refractivity contribution in [2.45, 2.75) is 12.8 Å². The number of aliphatic hydroxyl groups is 1. The number of aliphatic hydroxyl groups excluding tert-OH is 1. The van der Waals surface area contributed by atoms with E-state index in [1.165, 1.54) is 17.4 Å². The third-order valence-electron chi connectivity index (χ3n) is 1.79. The van der Waals surface area contributed by atoms with Crippen LogP contribution in [0, 0.1) is 6.92 Å². The second kappa shape index (κ2) is 5.83. The molecule has 0 unspecified atom stereocenters. The lowest BCUT2D eigenvalue weighted by Gasteiger charge is -2.12. The summed E-state index contributed by atoms with van der Waals surface area (Å²) >= 11 is 1.43. The summed E-state index contributed by atoms with van der Waals surface area (Å²) in [5, 5.41) is 12.9. The third-order valence-corrected chi connectivity index (χ3v) is 2.59. The monoisotopic (exact) mass is 262 g/mol. The van der Waals surface area contributed by atoms with Gasteiger partial charge in [0, 0.05) is 11.5 Å². The van der Waals surface area contributed by atoms with E-state index in [0.717, 1.165) is 11.1 Å². The normalized spacial score (nSPS) is 12.0. The largest absolute Gasteiger partial charge is 0.390 e. The molecule has 1 heterocycles. The number of hydrogen-bond donors (Lipinski definition) is 2. The van der Waals surface area contributed by atoms with Gasteiger partial charge in [0.1, 0.15) is 6.61 Å². The minimum Gasteiger partial charge on any atom is -0.390 e. The van der Waals surface area contributed by atoms with Crippen molar-refractivity contribution in [1.29, 1.82) is 0 Å². The Kier molecular flexibility index (Phi) is 4.71. The number of aromatic nitrogens is 1. The van der Waals surface area contributed by atoms with Crippen LogP contribution in [0.15, 0.2) is 11.5 Å². The molecule has 0 atom stereocenters. The van der Waals surface area contributed by atoms with Crippen LogP contribution in [0.2, 0.25) is 0 Å². The third kappa shape index (κ3) is 5.01. The lowest BCUT2D eigenvalue weighted by atomic mass is 10.3. The molecular weight excluding hydrogens is 250 g/mol. The Labute approximate surface area is 101 Å². The van der Waals surface area contributed by atoms with E-state index in [0.29, 0.717) is 5.69 Å². The summed E-state index contributed by atoms with van der Waals surface area (Å²) in [7, 11) is 0. The molecule has 2 N–H and O–H groups in total. The fourth-order valence-corrected chi connectivity index (χ4v) is 1.53. The Balaban J connectivity index is 2.42. The van der Waals surface area contributed by atoms with E-state index in [-0.39, 0.29) is 0 Å². The highest BCUT2D eigenvalue weighted by Gasteiger charge is 2.27. The van der Waals surface area contributed by atoms with E-state index in [1.54, 1.807) is 5.38 Å². The zero-order valence-electron chi connectivity index (χ0n) is 9.11. The molecular formula is C10H12F2N2O2S. The minimum atomic E-state index is -3.29. The number of carbonyl (C=O) groups excluding carboxylic acids is 1. The number of amides is 1. The van der Waals surface area contributed by atoms with E-state index >= 15 is 0 Å². The summed E-state index contributed by atoms with van der Waals surface area (Å²) in [5.74, 6) is -3.94. The smallest absolute Gasteiger partial charge is 0.287 e. The van der Waals surface area contributed by atoms with E-state index in [1.807, 2.05) is 12.2 Å². The molecule has 0 aliphatic rings. The van der Waals surface area contributed by atoms with Gasteiger partial charge in [0.25, 0.3) is 5.92 Å². The molecule has 1 aromatic heterocycles. The average Bonchev–Trinajstić information content (AvgIpc) is 2.70. The maximum atomic E-state index is 12.6. The number of thiazole rings is 1.